The molecule has 0 spiro atoms. The number of halogens is 1. The number of fused-ring (bicyclic) bond motifs is 1. The van der Waals surface area contributed by atoms with Crippen LogP contribution in [0.5, 0.6) is 0 Å². The minimum atomic E-state index is -0.475. The van der Waals surface area contributed by atoms with Crippen LogP contribution in [0.15, 0.2) is 67.1 Å². The lowest BCUT2D eigenvalue weighted by Crippen LogP contribution is -2.04. The molecule has 0 bridgehead atoms. The van der Waals surface area contributed by atoms with Crippen LogP contribution in [0.1, 0.15) is 18.5 Å². The van der Waals surface area contributed by atoms with E-state index in [1.54, 1.807) is 18.5 Å². The van der Waals surface area contributed by atoms with Gasteiger partial charge in [-0.15, -0.1) is 0 Å². The van der Waals surface area contributed by atoms with Crippen molar-refractivity contribution in [2.24, 2.45) is 5.73 Å². The molecule has 5 heteroatoms. The van der Waals surface area contributed by atoms with Crippen LogP contribution in [0, 0.1) is 5.95 Å². The minimum absolute atomic E-state index is 0.0357. The standard InChI is InChI=1S/C20H17FN4/c1-13(22)14-7-8-19-18(11-14)24-12-25(19)16-5-2-4-15(10-16)17-6-3-9-23-20(17)21/h2-13H,22H2,1H3/t13-/m0/s1. The van der Waals surface area contributed by atoms with Crippen LogP contribution in [0.4, 0.5) is 4.39 Å². The van der Waals surface area contributed by atoms with Crippen LogP contribution in [-0.2, 0) is 0 Å². The van der Waals surface area contributed by atoms with Crippen molar-refractivity contribution >= 4 is 11.0 Å². The normalized spacial score (nSPS) is 12.4. The predicted octanol–water partition coefficient (Wildman–Crippen LogP) is 4.25. The topological polar surface area (TPSA) is 56.7 Å². The van der Waals surface area contributed by atoms with E-state index in [0.29, 0.717) is 5.56 Å². The second-order valence-corrected chi connectivity index (χ2v) is 6.04. The van der Waals surface area contributed by atoms with Crippen molar-refractivity contribution in [3.05, 3.63) is 78.6 Å². The summed E-state index contributed by atoms with van der Waals surface area (Å²) < 4.78 is 16.0. The molecule has 2 heterocycles. The third kappa shape index (κ3) is 2.79. The van der Waals surface area contributed by atoms with Crippen molar-refractivity contribution in [2.45, 2.75) is 13.0 Å². The fraction of sp³-hybridized carbons (Fsp3) is 0.100. The Bertz CT molecular complexity index is 1050. The van der Waals surface area contributed by atoms with Gasteiger partial charge in [0.05, 0.1) is 11.0 Å². The second kappa shape index (κ2) is 6.11. The highest BCUT2D eigenvalue weighted by atomic mass is 19.1. The maximum atomic E-state index is 14.0. The average molecular weight is 332 g/mol. The van der Waals surface area contributed by atoms with Gasteiger partial charge in [0.25, 0.3) is 0 Å². The summed E-state index contributed by atoms with van der Waals surface area (Å²) in [4.78, 5) is 8.21. The SMILES string of the molecule is C[C@H](N)c1ccc2c(c1)ncn2-c1cccc(-c2cccnc2F)c1. The smallest absolute Gasteiger partial charge is 0.220 e. The van der Waals surface area contributed by atoms with Gasteiger partial charge in [-0.3, -0.25) is 4.57 Å². The van der Waals surface area contributed by atoms with Gasteiger partial charge in [0.2, 0.25) is 5.95 Å². The molecule has 4 rings (SSSR count). The summed E-state index contributed by atoms with van der Waals surface area (Å²) in [6.45, 7) is 1.95. The van der Waals surface area contributed by atoms with Crippen LogP contribution < -0.4 is 5.73 Å². The van der Waals surface area contributed by atoms with E-state index in [9.17, 15) is 4.39 Å². The van der Waals surface area contributed by atoms with Gasteiger partial charge >= 0.3 is 0 Å². The van der Waals surface area contributed by atoms with Crippen molar-refractivity contribution in [3.8, 4) is 16.8 Å². The molecule has 4 aromatic rings. The van der Waals surface area contributed by atoms with Gasteiger partial charge in [-0.1, -0.05) is 18.2 Å². The highest BCUT2D eigenvalue weighted by molar-refractivity contribution is 5.79. The zero-order valence-electron chi connectivity index (χ0n) is 13.7. The fourth-order valence-electron chi connectivity index (χ4n) is 2.94. The van der Waals surface area contributed by atoms with E-state index in [4.69, 9.17) is 5.73 Å². The summed E-state index contributed by atoms with van der Waals surface area (Å²) >= 11 is 0. The van der Waals surface area contributed by atoms with Crippen LogP contribution in [-0.4, -0.2) is 14.5 Å². The largest absolute Gasteiger partial charge is 0.324 e. The van der Waals surface area contributed by atoms with Gasteiger partial charge < -0.3 is 5.73 Å². The van der Waals surface area contributed by atoms with Gasteiger partial charge in [-0.05, 0) is 54.4 Å². The first kappa shape index (κ1) is 15.5. The molecular weight excluding hydrogens is 315 g/mol. The van der Waals surface area contributed by atoms with E-state index in [1.165, 1.54) is 6.20 Å². The zero-order chi connectivity index (χ0) is 17.4. The van der Waals surface area contributed by atoms with Crippen molar-refractivity contribution in [2.75, 3.05) is 0 Å². The number of aromatic nitrogens is 3. The molecule has 0 amide bonds. The molecule has 0 saturated heterocycles. The fourth-order valence-corrected chi connectivity index (χ4v) is 2.94. The third-order valence-electron chi connectivity index (χ3n) is 4.29. The summed E-state index contributed by atoms with van der Waals surface area (Å²) in [6, 6.07) is 17.1. The van der Waals surface area contributed by atoms with Crippen molar-refractivity contribution in [1.82, 2.24) is 14.5 Å². The number of benzene rings is 2. The number of nitrogens with two attached hydrogens (primary N) is 1. The summed E-state index contributed by atoms with van der Waals surface area (Å²) in [5.41, 5.74) is 11.0. The van der Waals surface area contributed by atoms with E-state index in [0.717, 1.165) is 27.8 Å². The van der Waals surface area contributed by atoms with Crippen LogP contribution >= 0.6 is 0 Å². The van der Waals surface area contributed by atoms with Gasteiger partial charge in [-0.2, -0.15) is 4.39 Å². The second-order valence-electron chi connectivity index (χ2n) is 6.04. The molecule has 2 aromatic carbocycles. The molecule has 0 radical (unpaired) electrons. The van der Waals surface area contributed by atoms with Crippen molar-refractivity contribution in [3.63, 3.8) is 0 Å². The van der Waals surface area contributed by atoms with Crippen molar-refractivity contribution in [1.29, 1.82) is 0 Å². The Morgan fingerprint density at radius 3 is 2.72 bits per heavy atom. The lowest BCUT2D eigenvalue weighted by Gasteiger charge is -2.09. The lowest BCUT2D eigenvalue weighted by atomic mass is 10.1. The van der Waals surface area contributed by atoms with Gasteiger partial charge in [0.15, 0.2) is 0 Å². The van der Waals surface area contributed by atoms with Gasteiger partial charge in [-0.25, -0.2) is 9.97 Å². The lowest BCUT2D eigenvalue weighted by molar-refractivity contribution is 0.587. The Hall–Kier alpha value is -3.05. The molecule has 2 N–H and O–H groups in total. The molecule has 124 valence electrons. The molecule has 2 aromatic heterocycles. The molecule has 4 nitrogen and oxygen atoms in total. The molecule has 0 fully saturated rings. The number of pyridine rings is 1. The maximum absolute atomic E-state index is 14.0. The Morgan fingerprint density at radius 1 is 1.04 bits per heavy atom. The van der Waals surface area contributed by atoms with E-state index >= 15 is 0 Å². The molecule has 0 aliphatic carbocycles. The Labute approximate surface area is 144 Å². The first-order chi connectivity index (χ1) is 12.1. The van der Waals surface area contributed by atoms with E-state index in [2.05, 4.69) is 9.97 Å². The summed E-state index contributed by atoms with van der Waals surface area (Å²) in [5, 5.41) is 0. The van der Waals surface area contributed by atoms with E-state index in [-0.39, 0.29) is 6.04 Å². The van der Waals surface area contributed by atoms with Crippen LogP contribution in [0.3, 0.4) is 0 Å². The monoisotopic (exact) mass is 332 g/mol. The number of nitrogens with zero attached hydrogens (tertiary/aromatic N) is 3. The first-order valence-corrected chi connectivity index (χ1v) is 8.07. The predicted molar refractivity (Wildman–Crippen MR) is 96.9 cm³/mol. The Morgan fingerprint density at radius 2 is 1.92 bits per heavy atom. The highest BCUT2D eigenvalue weighted by Gasteiger charge is 2.10. The quantitative estimate of drug-likeness (QED) is 0.571. The van der Waals surface area contributed by atoms with Crippen LogP contribution in [0.25, 0.3) is 27.8 Å². The number of rotatable bonds is 3. The van der Waals surface area contributed by atoms with Crippen molar-refractivity contribution < 1.29 is 4.39 Å². The summed E-state index contributed by atoms with van der Waals surface area (Å²) in [6.07, 6.45) is 3.22. The molecule has 0 aliphatic heterocycles. The number of hydrogen-bond donors (Lipinski definition) is 1. The first-order valence-electron chi connectivity index (χ1n) is 8.07. The molecule has 0 saturated carbocycles. The van der Waals surface area contributed by atoms with Crippen LogP contribution in [0.2, 0.25) is 0 Å². The third-order valence-corrected chi connectivity index (χ3v) is 4.29. The maximum Gasteiger partial charge on any atom is 0.220 e. The van der Waals surface area contributed by atoms with E-state index in [1.807, 2.05) is 54.0 Å². The molecule has 0 unspecified atom stereocenters. The zero-order valence-corrected chi connectivity index (χ0v) is 13.7. The number of imidazole rings is 1. The molecule has 0 aliphatic rings. The van der Waals surface area contributed by atoms with Gasteiger partial charge in [0, 0.05) is 23.5 Å². The minimum Gasteiger partial charge on any atom is -0.324 e. The Balaban J connectivity index is 1.82. The average Bonchev–Trinajstić information content (AvgIpc) is 3.05. The van der Waals surface area contributed by atoms with E-state index < -0.39 is 5.95 Å². The molecule has 1 atom stereocenters. The highest BCUT2D eigenvalue weighted by Crippen LogP contribution is 2.26. The molecular formula is C20H17FN4. The molecule has 25 heavy (non-hydrogen) atoms. The summed E-state index contributed by atoms with van der Waals surface area (Å²) in [7, 11) is 0. The summed E-state index contributed by atoms with van der Waals surface area (Å²) in [5.74, 6) is -0.475. The number of hydrogen-bond acceptors (Lipinski definition) is 3. The Kier molecular flexibility index (Phi) is 3.78. The van der Waals surface area contributed by atoms with Gasteiger partial charge in [0.1, 0.15) is 6.33 Å².